The summed E-state index contributed by atoms with van der Waals surface area (Å²) >= 11 is 3.58. The van der Waals surface area contributed by atoms with Gasteiger partial charge in [-0.05, 0) is 31.5 Å². The summed E-state index contributed by atoms with van der Waals surface area (Å²) in [6, 6.07) is 6.36. The molecule has 84 valence electrons. The van der Waals surface area contributed by atoms with Crippen LogP contribution in [0.5, 0.6) is 0 Å². The predicted molar refractivity (Wildman–Crippen MR) is 72.0 cm³/mol. The quantitative estimate of drug-likeness (QED) is 0.613. The molecule has 1 heterocycles. The molecule has 0 aliphatic carbocycles. The van der Waals surface area contributed by atoms with Crippen LogP contribution in [-0.4, -0.2) is 9.55 Å². The van der Waals surface area contributed by atoms with E-state index in [0.717, 1.165) is 17.9 Å². The SMILES string of the molecule is C=CCn1c(C(C)Br)nc2cc(C)ccc21. The van der Waals surface area contributed by atoms with Crippen LogP contribution in [0.3, 0.4) is 0 Å². The minimum absolute atomic E-state index is 0.250. The zero-order valence-corrected chi connectivity index (χ0v) is 11.2. The number of nitrogens with zero attached hydrogens (tertiary/aromatic N) is 2. The highest BCUT2D eigenvalue weighted by Gasteiger charge is 2.13. The van der Waals surface area contributed by atoms with Crippen molar-refractivity contribution in [2.24, 2.45) is 0 Å². The molecule has 1 atom stereocenters. The van der Waals surface area contributed by atoms with E-state index in [2.05, 4.69) is 64.1 Å². The smallest absolute Gasteiger partial charge is 0.123 e. The molecule has 0 aliphatic rings. The van der Waals surface area contributed by atoms with Gasteiger partial charge < -0.3 is 4.57 Å². The largest absolute Gasteiger partial charge is 0.323 e. The van der Waals surface area contributed by atoms with Crippen molar-refractivity contribution in [3.8, 4) is 0 Å². The Kier molecular flexibility index (Phi) is 3.15. The Bertz CT molecular complexity index is 526. The van der Waals surface area contributed by atoms with Crippen LogP contribution in [0.1, 0.15) is 23.1 Å². The number of imidazole rings is 1. The summed E-state index contributed by atoms with van der Waals surface area (Å²) in [6.45, 7) is 8.77. The molecular weight excluding hydrogens is 264 g/mol. The molecule has 0 aliphatic heterocycles. The number of aromatic nitrogens is 2. The third-order valence-electron chi connectivity index (χ3n) is 2.60. The Hall–Kier alpha value is -1.09. The normalized spacial score (nSPS) is 12.9. The van der Waals surface area contributed by atoms with Gasteiger partial charge in [-0.1, -0.05) is 28.1 Å². The van der Waals surface area contributed by atoms with Crippen LogP contribution in [0.2, 0.25) is 0 Å². The van der Waals surface area contributed by atoms with E-state index >= 15 is 0 Å². The second-order valence-corrected chi connectivity index (χ2v) is 5.35. The van der Waals surface area contributed by atoms with Crippen molar-refractivity contribution in [1.82, 2.24) is 9.55 Å². The van der Waals surface area contributed by atoms with Gasteiger partial charge in [-0.3, -0.25) is 0 Å². The third-order valence-corrected chi connectivity index (χ3v) is 3.01. The van der Waals surface area contributed by atoms with Gasteiger partial charge >= 0.3 is 0 Å². The highest BCUT2D eigenvalue weighted by atomic mass is 79.9. The Morgan fingerprint density at radius 2 is 2.31 bits per heavy atom. The molecule has 3 heteroatoms. The lowest BCUT2D eigenvalue weighted by Crippen LogP contribution is -2.02. The first-order chi connectivity index (χ1) is 7.63. The van der Waals surface area contributed by atoms with Gasteiger partial charge in [0.25, 0.3) is 0 Å². The van der Waals surface area contributed by atoms with Crippen LogP contribution >= 0.6 is 15.9 Å². The van der Waals surface area contributed by atoms with Crippen molar-refractivity contribution in [3.05, 3.63) is 42.2 Å². The number of hydrogen-bond donors (Lipinski definition) is 0. The molecule has 1 unspecified atom stereocenters. The Labute approximate surface area is 104 Å². The topological polar surface area (TPSA) is 17.8 Å². The Morgan fingerprint density at radius 1 is 1.56 bits per heavy atom. The number of allylic oxidation sites excluding steroid dienone is 1. The minimum Gasteiger partial charge on any atom is -0.323 e. The number of benzene rings is 1. The lowest BCUT2D eigenvalue weighted by molar-refractivity contribution is 0.767. The van der Waals surface area contributed by atoms with E-state index in [-0.39, 0.29) is 4.83 Å². The summed E-state index contributed by atoms with van der Waals surface area (Å²) in [6.07, 6.45) is 1.90. The van der Waals surface area contributed by atoms with E-state index in [4.69, 9.17) is 0 Å². The van der Waals surface area contributed by atoms with Gasteiger partial charge in [-0.25, -0.2) is 4.98 Å². The van der Waals surface area contributed by atoms with Crippen molar-refractivity contribution in [1.29, 1.82) is 0 Å². The molecule has 0 spiro atoms. The zero-order valence-electron chi connectivity index (χ0n) is 9.57. The lowest BCUT2D eigenvalue weighted by Gasteiger charge is -2.07. The Balaban J connectivity index is 2.70. The molecule has 1 aromatic carbocycles. The lowest BCUT2D eigenvalue weighted by atomic mass is 10.2. The van der Waals surface area contributed by atoms with Gasteiger partial charge in [-0.15, -0.1) is 6.58 Å². The van der Waals surface area contributed by atoms with Crippen molar-refractivity contribution in [2.75, 3.05) is 0 Å². The number of alkyl halides is 1. The average molecular weight is 279 g/mol. The maximum atomic E-state index is 4.66. The summed E-state index contributed by atoms with van der Waals surface area (Å²) in [5.41, 5.74) is 3.47. The number of aryl methyl sites for hydroxylation is 1. The molecule has 0 radical (unpaired) electrons. The molecule has 0 saturated carbocycles. The summed E-state index contributed by atoms with van der Waals surface area (Å²) in [5.74, 6) is 1.06. The van der Waals surface area contributed by atoms with Gasteiger partial charge in [0.1, 0.15) is 5.82 Å². The first-order valence-electron chi connectivity index (χ1n) is 5.35. The van der Waals surface area contributed by atoms with Crippen molar-refractivity contribution >= 4 is 27.0 Å². The third kappa shape index (κ3) is 1.92. The van der Waals surface area contributed by atoms with Gasteiger partial charge in [-0.2, -0.15) is 0 Å². The molecule has 0 fully saturated rings. The van der Waals surface area contributed by atoms with Gasteiger partial charge in [0.2, 0.25) is 0 Å². The second-order valence-electron chi connectivity index (χ2n) is 3.98. The van der Waals surface area contributed by atoms with Crippen LogP contribution in [0.25, 0.3) is 11.0 Å². The fraction of sp³-hybridized carbons (Fsp3) is 0.308. The Morgan fingerprint density at radius 3 is 2.94 bits per heavy atom. The molecule has 2 aromatic rings. The molecular formula is C13H15BrN2. The van der Waals surface area contributed by atoms with Crippen molar-refractivity contribution in [2.45, 2.75) is 25.2 Å². The van der Waals surface area contributed by atoms with Gasteiger partial charge in [0.05, 0.1) is 15.9 Å². The van der Waals surface area contributed by atoms with E-state index in [0.29, 0.717) is 0 Å². The number of fused-ring (bicyclic) bond motifs is 1. The molecule has 0 saturated heterocycles. The number of hydrogen-bond acceptors (Lipinski definition) is 1. The van der Waals surface area contributed by atoms with Crippen LogP contribution < -0.4 is 0 Å². The molecule has 0 bridgehead atoms. The minimum atomic E-state index is 0.250. The maximum absolute atomic E-state index is 4.66. The molecule has 2 rings (SSSR count). The molecule has 0 amide bonds. The van der Waals surface area contributed by atoms with E-state index in [1.165, 1.54) is 11.1 Å². The van der Waals surface area contributed by atoms with Crippen LogP contribution in [-0.2, 0) is 6.54 Å². The average Bonchev–Trinajstić information content (AvgIpc) is 2.57. The van der Waals surface area contributed by atoms with Crippen molar-refractivity contribution < 1.29 is 0 Å². The highest BCUT2D eigenvalue weighted by molar-refractivity contribution is 9.09. The summed E-state index contributed by atoms with van der Waals surface area (Å²) < 4.78 is 2.20. The first kappa shape index (κ1) is 11.4. The summed E-state index contributed by atoms with van der Waals surface area (Å²) in [7, 11) is 0. The van der Waals surface area contributed by atoms with Crippen LogP contribution in [0.4, 0.5) is 0 Å². The molecule has 16 heavy (non-hydrogen) atoms. The van der Waals surface area contributed by atoms with E-state index < -0.39 is 0 Å². The highest BCUT2D eigenvalue weighted by Crippen LogP contribution is 2.26. The fourth-order valence-electron chi connectivity index (χ4n) is 1.88. The predicted octanol–water partition coefficient (Wildman–Crippen LogP) is 3.99. The van der Waals surface area contributed by atoms with E-state index in [1.54, 1.807) is 0 Å². The molecule has 2 nitrogen and oxygen atoms in total. The fourth-order valence-corrected chi connectivity index (χ4v) is 2.23. The first-order valence-corrected chi connectivity index (χ1v) is 6.27. The maximum Gasteiger partial charge on any atom is 0.123 e. The van der Waals surface area contributed by atoms with E-state index in [1.807, 2.05) is 6.08 Å². The monoisotopic (exact) mass is 278 g/mol. The van der Waals surface area contributed by atoms with Gasteiger partial charge in [0, 0.05) is 6.54 Å². The van der Waals surface area contributed by atoms with E-state index in [9.17, 15) is 0 Å². The van der Waals surface area contributed by atoms with Gasteiger partial charge in [0.15, 0.2) is 0 Å². The van der Waals surface area contributed by atoms with Crippen LogP contribution in [0.15, 0.2) is 30.9 Å². The second kappa shape index (κ2) is 4.42. The zero-order chi connectivity index (χ0) is 11.7. The summed E-state index contributed by atoms with van der Waals surface area (Å²) in [4.78, 5) is 4.91. The van der Waals surface area contributed by atoms with Crippen LogP contribution in [0, 0.1) is 6.92 Å². The van der Waals surface area contributed by atoms with Crippen molar-refractivity contribution in [3.63, 3.8) is 0 Å². The number of rotatable bonds is 3. The standard InChI is InChI=1S/C13H15BrN2/c1-4-7-16-12-6-5-9(2)8-11(12)15-13(16)10(3)14/h4-6,8,10H,1,7H2,2-3H3. The molecule has 0 N–H and O–H groups in total. The molecule has 1 aromatic heterocycles. The number of halogens is 1. The summed E-state index contributed by atoms with van der Waals surface area (Å²) in [5, 5.41) is 0.